The van der Waals surface area contributed by atoms with Gasteiger partial charge in [0.1, 0.15) is 11.5 Å². The molecular formula is C40H29Cl2F3N4O6S. The van der Waals surface area contributed by atoms with E-state index in [1.165, 1.54) is 28.6 Å². The Bertz CT molecular complexity index is 2400. The number of amides is 4. The number of likely N-dealkylation sites (tertiary alicyclic amines) is 1. The lowest BCUT2D eigenvalue weighted by Crippen LogP contribution is -2.55. The Hall–Kier alpha value is -5.18. The Morgan fingerprint density at radius 2 is 1.79 bits per heavy atom. The fraction of sp³-hybridized carbons (Fsp3) is 0.275. The second-order valence-electron chi connectivity index (χ2n) is 14.5. The van der Waals surface area contributed by atoms with Crippen LogP contribution < -0.4 is 10.2 Å². The molecule has 1 saturated carbocycles. The summed E-state index contributed by atoms with van der Waals surface area (Å²) >= 11 is 14.1. The first-order valence-electron chi connectivity index (χ1n) is 17.7. The highest BCUT2D eigenvalue weighted by Gasteiger charge is 2.71. The number of nitrogens with one attached hydrogen (secondary N) is 1. The maximum absolute atomic E-state index is 15.4. The summed E-state index contributed by atoms with van der Waals surface area (Å²) in [6.45, 7) is 0.112. The number of rotatable bonds is 6. The third-order valence-electron chi connectivity index (χ3n) is 11.7. The smallest absolute Gasteiger partial charge is 0.417 e. The molecule has 2 aromatic heterocycles. The van der Waals surface area contributed by atoms with Crippen LogP contribution in [-0.2, 0) is 43.7 Å². The van der Waals surface area contributed by atoms with Gasteiger partial charge in [0.05, 0.1) is 46.6 Å². The molecule has 0 unspecified atom stereocenters. The molecule has 2 saturated heterocycles. The Balaban J connectivity index is 1.20. The zero-order chi connectivity index (χ0) is 39.3. The van der Waals surface area contributed by atoms with Crippen molar-refractivity contribution in [3.8, 4) is 11.5 Å². The maximum Gasteiger partial charge on any atom is 0.417 e. The third kappa shape index (κ3) is 5.55. The first-order chi connectivity index (χ1) is 26.8. The zero-order valence-corrected chi connectivity index (χ0v) is 31.3. The first-order valence-corrected chi connectivity index (χ1v) is 19.3. The lowest BCUT2D eigenvalue weighted by molar-refractivity contribution is -0.142. The van der Waals surface area contributed by atoms with Crippen molar-refractivity contribution in [2.24, 2.45) is 29.6 Å². The minimum Gasteiger partial charge on any atom is -0.508 e. The van der Waals surface area contributed by atoms with E-state index in [-0.39, 0.29) is 49.2 Å². The number of hydrazine groups is 1. The molecule has 10 nitrogen and oxygen atoms in total. The van der Waals surface area contributed by atoms with Crippen molar-refractivity contribution >= 4 is 64.0 Å². The average Bonchev–Trinajstić information content (AvgIpc) is 3.83. The van der Waals surface area contributed by atoms with Crippen LogP contribution in [0.3, 0.4) is 0 Å². The highest BCUT2D eigenvalue weighted by atomic mass is 35.5. The molecule has 3 fully saturated rings. The molecule has 6 atom stereocenters. The summed E-state index contributed by atoms with van der Waals surface area (Å²) in [5.41, 5.74) is 2.09. The predicted octanol–water partition coefficient (Wildman–Crippen LogP) is 7.71. The van der Waals surface area contributed by atoms with Crippen molar-refractivity contribution in [2.75, 3.05) is 5.43 Å². The molecule has 2 aliphatic carbocycles. The van der Waals surface area contributed by atoms with Crippen LogP contribution in [0.1, 0.15) is 34.4 Å². The number of aromatic hydroxyl groups is 1. The largest absolute Gasteiger partial charge is 0.508 e. The van der Waals surface area contributed by atoms with Crippen LogP contribution in [0.15, 0.2) is 95.7 Å². The number of halogens is 5. The third-order valence-corrected chi connectivity index (χ3v) is 13.1. The molecular weight excluding hydrogens is 792 g/mol. The number of benzene rings is 2. The summed E-state index contributed by atoms with van der Waals surface area (Å²) in [6, 6.07) is 15.5. The molecule has 56 heavy (non-hydrogen) atoms. The van der Waals surface area contributed by atoms with Crippen molar-refractivity contribution in [3.05, 3.63) is 127 Å². The van der Waals surface area contributed by atoms with Crippen LogP contribution in [0, 0.1) is 29.6 Å². The van der Waals surface area contributed by atoms with E-state index in [0.717, 1.165) is 9.89 Å². The number of imide groups is 2. The number of hydrogen-bond acceptors (Lipinski definition) is 9. The lowest BCUT2D eigenvalue weighted by atomic mass is 9.48. The molecule has 0 spiro atoms. The van der Waals surface area contributed by atoms with E-state index in [0.29, 0.717) is 45.3 Å². The molecule has 9 rings (SSSR count). The van der Waals surface area contributed by atoms with Crippen LogP contribution in [0.5, 0.6) is 11.5 Å². The summed E-state index contributed by atoms with van der Waals surface area (Å²) in [5, 5.41) is 12.9. The molecule has 16 heteroatoms. The van der Waals surface area contributed by atoms with Gasteiger partial charge in [0.25, 0.3) is 11.8 Å². The molecule has 5 aliphatic rings. The van der Waals surface area contributed by atoms with E-state index in [1.54, 1.807) is 36.4 Å². The normalized spacial score (nSPS) is 26.9. The second-order valence-corrected chi connectivity index (χ2v) is 16.4. The number of fused-ring (bicyclic) bond motifs is 5. The quantitative estimate of drug-likeness (QED) is 0.150. The average molecular weight is 822 g/mol. The minimum absolute atomic E-state index is 0.00977. The number of phenols is 1. The Morgan fingerprint density at radius 3 is 2.50 bits per heavy atom. The van der Waals surface area contributed by atoms with Crippen molar-refractivity contribution in [2.45, 2.75) is 37.4 Å². The zero-order valence-electron chi connectivity index (χ0n) is 28.9. The highest BCUT2D eigenvalue weighted by Crippen LogP contribution is 2.63. The monoisotopic (exact) mass is 820 g/mol. The number of thiophene rings is 1. The number of ether oxygens (including phenoxy) is 1. The van der Waals surface area contributed by atoms with Gasteiger partial charge >= 0.3 is 6.18 Å². The van der Waals surface area contributed by atoms with Crippen LogP contribution >= 0.6 is 34.5 Å². The van der Waals surface area contributed by atoms with Gasteiger partial charge in [-0.05, 0) is 77.7 Å². The van der Waals surface area contributed by atoms with Gasteiger partial charge in [-0.15, -0.1) is 11.3 Å². The molecule has 0 radical (unpaired) electrons. The molecule has 0 bridgehead atoms. The molecule has 3 aliphatic heterocycles. The Kier molecular flexibility index (Phi) is 8.60. The van der Waals surface area contributed by atoms with Crippen molar-refractivity contribution in [1.29, 1.82) is 0 Å². The fourth-order valence-corrected chi connectivity index (χ4v) is 10.4. The van der Waals surface area contributed by atoms with E-state index < -0.39 is 63.6 Å². The highest BCUT2D eigenvalue weighted by molar-refractivity contribution is 7.09. The number of hydrogen-bond donors (Lipinski definition) is 2. The van der Waals surface area contributed by atoms with Gasteiger partial charge in [0.15, 0.2) is 5.82 Å². The van der Waals surface area contributed by atoms with Gasteiger partial charge in [0, 0.05) is 34.0 Å². The van der Waals surface area contributed by atoms with Crippen LogP contribution in [0.2, 0.25) is 10.0 Å². The van der Waals surface area contributed by atoms with E-state index in [4.69, 9.17) is 27.9 Å². The number of nitrogens with zero attached hydrogens (tertiary/aromatic N) is 3. The molecule has 5 heterocycles. The number of carbonyl (C=O) groups excluding carboxylic acids is 4. The van der Waals surface area contributed by atoms with Crippen LogP contribution in [0.25, 0.3) is 0 Å². The van der Waals surface area contributed by atoms with Crippen molar-refractivity contribution in [1.82, 2.24) is 14.9 Å². The van der Waals surface area contributed by atoms with Gasteiger partial charge in [-0.1, -0.05) is 53.1 Å². The number of anilines is 1. The summed E-state index contributed by atoms with van der Waals surface area (Å²) in [6.07, 6.45) is -0.383. The topological polar surface area (TPSA) is 129 Å². The fourth-order valence-electron chi connectivity index (χ4n) is 9.38. The molecule has 286 valence electrons. The predicted molar refractivity (Wildman–Crippen MR) is 198 cm³/mol. The number of alkyl halides is 3. The van der Waals surface area contributed by atoms with Crippen LogP contribution in [0.4, 0.5) is 19.0 Å². The van der Waals surface area contributed by atoms with Crippen LogP contribution in [-0.4, -0.2) is 43.6 Å². The van der Waals surface area contributed by atoms with Gasteiger partial charge in [-0.3, -0.25) is 29.5 Å². The van der Waals surface area contributed by atoms with Gasteiger partial charge in [0.2, 0.25) is 11.8 Å². The van der Waals surface area contributed by atoms with Gasteiger partial charge in [-0.25, -0.2) is 4.98 Å². The molecule has 4 amide bonds. The van der Waals surface area contributed by atoms with E-state index in [9.17, 15) is 32.7 Å². The summed E-state index contributed by atoms with van der Waals surface area (Å²) in [4.78, 5) is 64.6. The molecule has 4 aromatic rings. The number of phenolic OH excluding ortho intramolecular Hbond substituents is 1. The summed E-state index contributed by atoms with van der Waals surface area (Å²) in [5.74, 6) is -6.30. The van der Waals surface area contributed by atoms with E-state index >= 15 is 4.79 Å². The van der Waals surface area contributed by atoms with Gasteiger partial charge in [-0.2, -0.15) is 18.2 Å². The van der Waals surface area contributed by atoms with Crippen molar-refractivity contribution in [3.63, 3.8) is 0 Å². The Morgan fingerprint density at radius 1 is 1.00 bits per heavy atom. The number of aromatic nitrogens is 1. The Labute approximate surface area is 331 Å². The summed E-state index contributed by atoms with van der Waals surface area (Å²) < 4.78 is 46.6. The standard InChI is InChI=1S/C40H29Cl2F3N4O6S/c41-23-5-3-21(4-6-23)39-29(36(52)49(38(39)54)47-34-30(42)14-22(16-46-34)40(43,44)45)15-28-26(33(39)20-12-19-13-24(50)7-10-31(19)55-18-20)8-9-27-32(28)37(53)48(35(27)51)17-25-2-1-11-56-25/h1-8,10-11,13-14,16,18,27-29,32-33,50H,9,12,15,17H2,(H,46,47)/t27-,28+,29-,32-,33-,39+/m0/s1. The van der Waals surface area contributed by atoms with E-state index in [2.05, 4.69) is 10.4 Å². The second kappa shape index (κ2) is 13.2. The number of pyridine rings is 1. The summed E-state index contributed by atoms with van der Waals surface area (Å²) in [7, 11) is 0. The van der Waals surface area contributed by atoms with Crippen molar-refractivity contribution < 1.29 is 42.2 Å². The molecule has 2 N–H and O–H groups in total. The lowest BCUT2D eigenvalue weighted by Gasteiger charge is -2.51. The van der Waals surface area contributed by atoms with E-state index in [1.807, 2.05) is 23.6 Å². The maximum atomic E-state index is 15.4. The first kappa shape index (κ1) is 36.5. The number of allylic oxidation sites excluding steroid dienone is 3. The molecule has 2 aromatic carbocycles. The number of carbonyl (C=O) groups is 4. The SMILES string of the molecule is O=C1[C@H]2[C@H](CC=C3[C@H](C4=COc5ccc(O)cc5C4)[C@]4(c5ccc(Cl)cc5)C(=O)N(Nc5ncc(C(F)(F)F)cc5Cl)C(=O)[C@@H]4C[C@H]32)C(=O)N1Cc1cccs1. The minimum atomic E-state index is -4.75. The van der Waals surface area contributed by atoms with Gasteiger partial charge < -0.3 is 9.84 Å².